The Hall–Kier alpha value is -4.60. The fraction of sp³-hybridized carbons (Fsp3) is 0.472. The second kappa shape index (κ2) is 12.5. The maximum absolute atomic E-state index is 15.3. The summed E-state index contributed by atoms with van der Waals surface area (Å²) in [4.78, 5) is 24.9. The minimum Gasteiger partial charge on any atom is -0.475 e. The molecule has 0 radical (unpaired) electrons. The van der Waals surface area contributed by atoms with E-state index in [1.54, 1.807) is 28.8 Å². The third-order valence-electron chi connectivity index (χ3n) is 9.57. The molecule has 0 spiro atoms. The van der Waals surface area contributed by atoms with Crippen molar-refractivity contribution in [1.29, 1.82) is 0 Å². The molecule has 3 saturated heterocycles. The highest BCUT2D eigenvalue weighted by Gasteiger charge is 2.55. The molecule has 3 fully saturated rings. The number of halogens is 1. The van der Waals surface area contributed by atoms with Crippen LogP contribution in [0.15, 0.2) is 42.6 Å². The number of benzene rings is 2. The van der Waals surface area contributed by atoms with Crippen molar-refractivity contribution in [3.05, 3.63) is 59.5 Å². The van der Waals surface area contributed by atoms with Gasteiger partial charge in [0.05, 0.1) is 23.7 Å². The first kappa shape index (κ1) is 32.0. The van der Waals surface area contributed by atoms with Crippen LogP contribution in [0.1, 0.15) is 57.2 Å². The number of amides is 1. The van der Waals surface area contributed by atoms with E-state index in [-0.39, 0.29) is 24.4 Å². The predicted molar refractivity (Wildman–Crippen MR) is 179 cm³/mol. The van der Waals surface area contributed by atoms with E-state index in [2.05, 4.69) is 27.8 Å². The average molecular weight is 657 g/mol. The van der Waals surface area contributed by atoms with Crippen molar-refractivity contribution in [3.63, 3.8) is 0 Å². The lowest BCUT2D eigenvalue weighted by molar-refractivity contribution is 0.0114. The molecule has 0 aliphatic carbocycles. The number of fused-ring (bicyclic) bond motifs is 4. The molecule has 2 aromatic carbocycles. The van der Waals surface area contributed by atoms with Gasteiger partial charge in [-0.25, -0.2) is 14.2 Å². The summed E-state index contributed by atoms with van der Waals surface area (Å²) in [5, 5.41) is 6.07. The van der Waals surface area contributed by atoms with E-state index in [0.717, 1.165) is 25.2 Å². The first-order valence-electron chi connectivity index (χ1n) is 16.4. The number of hydrogen-bond donors (Lipinski definition) is 0. The lowest BCUT2D eigenvalue weighted by Gasteiger charge is -2.42. The quantitative estimate of drug-likeness (QED) is 0.183. The van der Waals surface area contributed by atoms with E-state index in [9.17, 15) is 4.79 Å². The van der Waals surface area contributed by atoms with Crippen molar-refractivity contribution in [2.45, 2.75) is 69.8 Å². The number of likely N-dealkylation sites (N-methyl/N-ethyl adjacent to an activating group) is 1. The molecule has 5 heterocycles. The fourth-order valence-corrected chi connectivity index (χ4v) is 7.50. The molecular weight excluding hydrogens is 615 g/mol. The lowest BCUT2D eigenvalue weighted by atomic mass is 9.90. The number of anilines is 1. The fourth-order valence-electron chi connectivity index (χ4n) is 7.50. The number of terminal acetylenes is 1. The Morgan fingerprint density at radius 3 is 2.73 bits per heavy atom. The number of rotatable bonds is 8. The van der Waals surface area contributed by atoms with Crippen molar-refractivity contribution in [3.8, 4) is 24.0 Å². The van der Waals surface area contributed by atoms with E-state index < -0.39 is 23.6 Å². The number of piperazine rings is 1. The number of aromatic nitrogens is 3. The summed E-state index contributed by atoms with van der Waals surface area (Å²) >= 11 is 0. The summed E-state index contributed by atoms with van der Waals surface area (Å²) in [6.45, 7) is 7.71. The molecule has 252 valence electrons. The number of nitrogens with zero attached hydrogens (tertiary/aromatic N) is 6. The van der Waals surface area contributed by atoms with Crippen molar-refractivity contribution in [2.24, 2.45) is 0 Å². The number of hydrogen-bond acceptors (Lipinski definition) is 9. The molecule has 48 heavy (non-hydrogen) atoms. The molecule has 4 unspecified atom stereocenters. The SMILES string of the molecule is C#Cc1c(F)ccc2cc(OCOC)cc(C3C4CC(CN4c4ccnc5cc(OCC6CCCN6C)nn45)N3C(=O)OC(C)(C)C)c12. The molecule has 7 rings (SSSR count). The summed E-state index contributed by atoms with van der Waals surface area (Å²) in [5.74, 6) is 3.89. The summed E-state index contributed by atoms with van der Waals surface area (Å²) in [6.07, 6.45) is 10.1. The van der Waals surface area contributed by atoms with Crippen LogP contribution in [0, 0.1) is 18.2 Å². The highest BCUT2D eigenvalue weighted by molar-refractivity contribution is 5.93. The molecule has 2 bridgehead atoms. The average Bonchev–Trinajstić information content (AvgIpc) is 3.84. The van der Waals surface area contributed by atoms with Gasteiger partial charge in [-0.15, -0.1) is 11.5 Å². The van der Waals surface area contributed by atoms with Gasteiger partial charge in [0.2, 0.25) is 5.88 Å². The Morgan fingerprint density at radius 1 is 1.17 bits per heavy atom. The van der Waals surface area contributed by atoms with Gasteiger partial charge >= 0.3 is 6.09 Å². The Balaban J connectivity index is 1.32. The Morgan fingerprint density at radius 2 is 2.00 bits per heavy atom. The summed E-state index contributed by atoms with van der Waals surface area (Å²) in [6, 6.07) is 9.81. The van der Waals surface area contributed by atoms with Gasteiger partial charge in [0, 0.05) is 37.3 Å². The molecule has 3 aliphatic rings. The van der Waals surface area contributed by atoms with E-state index in [1.165, 1.54) is 6.07 Å². The summed E-state index contributed by atoms with van der Waals surface area (Å²) in [5.41, 5.74) is 0.737. The predicted octanol–water partition coefficient (Wildman–Crippen LogP) is 5.40. The lowest BCUT2D eigenvalue weighted by Crippen LogP contribution is -2.52. The molecule has 4 atom stereocenters. The van der Waals surface area contributed by atoms with E-state index in [0.29, 0.717) is 59.2 Å². The molecule has 4 aromatic rings. The first-order valence-corrected chi connectivity index (χ1v) is 16.4. The van der Waals surface area contributed by atoms with Crippen molar-refractivity contribution in [2.75, 3.05) is 45.5 Å². The second-order valence-corrected chi connectivity index (χ2v) is 13.8. The largest absolute Gasteiger partial charge is 0.475 e. The minimum atomic E-state index is -0.721. The second-order valence-electron chi connectivity index (χ2n) is 13.8. The van der Waals surface area contributed by atoms with Crippen LogP contribution >= 0.6 is 0 Å². The molecule has 11 nitrogen and oxygen atoms in total. The zero-order valence-electron chi connectivity index (χ0n) is 28.0. The van der Waals surface area contributed by atoms with Crippen LogP contribution in [0.3, 0.4) is 0 Å². The third-order valence-corrected chi connectivity index (χ3v) is 9.57. The summed E-state index contributed by atoms with van der Waals surface area (Å²) < 4.78 is 40.3. The van der Waals surface area contributed by atoms with Crippen LogP contribution in [0.4, 0.5) is 15.0 Å². The highest BCUT2D eigenvalue weighted by atomic mass is 19.1. The van der Waals surface area contributed by atoms with Gasteiger partial charge in [-0.05, 0) is 88.8 Å². The van der Waals surface area contributed by atoms with Gasteiger partial charge in [0.15, 0.2) is 12.4 Å². The van der Waals surface area contributed by atoms with Gasteiger partial charge in [0.25, 0.3) is 0 Å². The minimum absolute atomic E-state index is 0.0164. The van der Waals surface area contributed by atoms with Crippen molar-refractivity contribution < 1.29 is 28.1 Å². The van der Waals surface area contributed by atoms with E-state index in [4.69, 9.17) is 30.5 Å². The monoisotopic (exact) mass is 656 g/mol. The smallest absolute Gasteiger partial charge is 0.411 e. The number of carbonyl (C=O) groups is 1. The van der Waals surface area contributed by atoms with Crippen LogP contribution in [0.25, 0.3) is 16.4 Å². The zero-order chi connectivity index (χ0) is 33.7. The van der Waals surface area contributed by atoms with Crippen molar-refractivity contribution >= 4 is 28.3 Å². The van der Waals surface area contributed by atoms with Gasteiger partial charge in [-0.3, -0.25) is 4.90 Å². The molecular formula is C36H41FN6O5. The Bertz CT molecular complexity index is 1900. The van der Waals surface area contributed by atoms with Crippen LogP contribution in [-0.2, 0) is 9.47 Å². The van der Waals surface area contributed by atoms with Crippen LogP contribution < -0.4 is 14.4 Å². The van der Waals surface area contributed by atoms with Crippen LogP contribution in [0.5, 0.6) is 11.6 Å². The topological polar surface area (TPSA) is 93.9 Å². The maximum atomic E-state index is 15.3. The van der Waals surface area contributed by atoms with Crippen molar-refractivity contribution in [1.82, 2.24) is 24.4 Å². The molecule has 1 amide bonds. The molecule has 3 aliphatic heterocycles. The maximum Gasteiger partial charge on any atom is 0.411 e. The van der Waals surface area contributed by atoms with Crippen LogP contribution in [-0.4, -0.2) is 94.9 Å². The van der Waals surface area contributed by atoms with Gasteiger partial charge in [0.1, 0.15) is 29.6 Å². The Kier molecular flexibility index (Phi) is 8.29. The number of methoxy groups -OCH3 is 1. The molecule has 0 saturated carbocycles. The van der Waals surface area contributed by atoms with Gasteiger partial charge < -0.3 is 28.7 Å². The molecule has 0 N–H and O–H groups in total. The highest BCUT2D eigenvalue weighted by Crippen LogP contribution is 2.49. The number of likely N-dealkylation sites (tertiary alicyclic amines) is 2. The first-order chi connectivity index (χ1) is 23.1. The number of ether oxygens (including phenoxy) is 4. The van der Waals surface area contributed by atoms with E-state index in [1.807, 2.05) is 45.0 Å². The standard InChI is InChI=1S/C36H41FN6O5/c1-7-26-28(37)11-10-22-15-25(47-21-45-6)17-27(33(22)26)34-29-16-24(42(34)35(44)48-36(2,3)4)19-41(29)32-12-13-38-30-18-31(39-43(30)32)46-20-23-9-8-14-40(23)5/h1,10-13,15,17-18,23-24,29,34H,8-9,14,16,19-21H2,2-6H3. The van der Waals surface area contributed by atoms with Gasteiger partial charge in [-0.1, -0.05) is 12.0 Å². The third kappa shape index (κ3) is 5.75. The number of carbonyl (C=O) groups excluding carboxylic acids is 1. The molecule has 2 aromatic heterocycles. The zero-order valence-corrected chi connectivity index (χ0v) is 28.0. The molecule has 12 heteroatoms. The Labute approximate surface area is 279 Å². The van der Waals surface area contributed by atoms with Gasteiger partial charge in [-0.2, -0.15) is 4.52 Å². The van der Waals surface area contributed by atoms with E-state index >= 15 is 4.39 Å². The van der Waals surface area contributed by atoms with Crippen LogP contribution in [0.2, 0.25) is 0 Å². The summed E-state index contributed by atoms with van der Waals surface area (Å²) in [7, 11) is 3.66. The normalized spacial score (nSPS) is 22.5.